The normalized spacial score (nSPS) is 11.8. The molecule has 0 saturated heterocycles. The van der Waals surface area contributed by atoms with Gasteiger partial charge in [-0.25, -0.2) is 4.85 Å². The van der Waals surface area contributed by atoms with Gasteiger partial charge in [-0.05, 0) is 71.8 Å². The van der Waals surface area contributed by atoms with Crippen molar-refractivity contribution >= 4 is 71.2 Å². The van der Waals surface area contributed by atoms with E-state index in [9.17, 15) is 0 Å². The van der Waals surface area contributed by atoms with Gasteiger partial charge in [0.2, 0.25) is 5.69 Å². The van der Waals surface area contributed by atoms with Crippen LogP contribution in [-0.2, 0) is 0 Å². The van der Waals surface area contributed by atoms with E-state index in [0.29, 0.717) is 5.69 Å². The second-order valence-electron chi connectivity index (χ2n) is 12.0. The molecule has 4 nitrogen and oxygen atoms in total. The van der Waals surface area contributed by atoms with Crippen LogP contribution in [0, 0.1) is 6.57 Å². The summed E-state index contributed by atoms with van der Waals surface area (Å²) in [5, 5.41) is 6.99. The van der Waals surface area contributed by atoms with Gasteiger partial charge in [0.05, 0.1) is 34.3 Å². The molecule has 3 heterocycles. The van der Waals surface area contributed by atoms with Gasteiger partial charge >= 0.3 is 0 Å². The Labute approximate surface area is 269 Å². The maximum Gasteiger partial charge on any atom is 0.210 e. The highest BCUT2D eigenvalue weighted by atomic mass is 16.3. The van der Waals surface area contributed by atoms with Gasteiger partial charge in [-0.1, -0.05) is 91.0 Å². The molecule has 218 valence electrons. The summed E-state index contributed by atoms with van der Waals surface area (Å²) in [4.78, 5) is 3.85. The average Bonchev–Trinajstić information content (AvgIpc) is 3.78. The van der Waals surface area contributed by atoms with Gasteiger partial charge in [0.15, 0.2) is 0 Å². The summed E-state index contributed by atoms with van der Waals surface area (Å²) in [5.74, 6) is 0. The summed E-state index contributed by atoms with van der Waals surface area (Å²) in [5.41, 5.74) is 11.1. The van der Waals surface area contributed by atoms with Gasteiger partial charge in [0.1, 0.15) is 11.2 Å². The molecule has 0 fully saturated rings. The molecule has 0 saturated carbocycles. The molecule has 0 aliphatic heterocycles. The first-order chi connectivity index (χ1) is 23.3. The molecule has 10 rings (SSSR count). The van der Waals surface area contributed by atoms with Crippen molar-refractivity contribution in [3.8, 4) is 22.5 Å². The van der Waals surface area contributed by atoms with Crippen LogP contribution in [0.1, 0.15) is 0 Å². The Morgan fingerprint density at radius 1 is 0.426 bits per heavy atom. The third-order valence-electron chi connectivity index (χ3n) is 9.54. The minimum absolute atomic E-state index is 0.630. The van der Waals surface area contributed by atoms with E-state index in [1.54, 1.807) is 0 Å². The summed E-state index contributed by atoms with van der Waals surface area (Å²) >= 11 is 0. The molecule has 0 radical (unpaired) electrons. The SMILES string of the molecule is [C-]#[N+]c1ccccc1-n1c2ccccc2c2ccc(-c3ccc4oc5ccc(-n6c7ccccc7c7ccccc76)cc5c4c3)cc21. The van der Waals surface area contributed by atoms with Gasteiger partial charge in [-0.2, -0.15) is 0 Å². The van der Waals surface area contributed by atoms with Gasteiger partial charge in [0.25, 0.3) is 0 Å². The fraction of sp³-hybridized carbons (Fsp3) is 0. The second-order valence-corrected chi connectivity index (χ2v) is 12.0. The van der Waals surface area contributed by atoms with Crippen molar-refractivity contribution in [2.24, 2.45) is 0 Å². The van der Waals surface area contributed by atoms with E-state index in [-0.39, 0.29) is 0 Å². The zero-order valence-corrected chi connectivity index (χ0v) is 25.2. The van der Waals surface area contributed by atoms with Gasteiger partial charge in [0, 0.05) is 38.0 Å². The Morgan fingerprint density at radius 2 is 0.957 bits per heavy atom. The second kappa shape index (κ2) is 9.71. The fourth-order valence-electron chi connectivity index (χ4n) is 7.44. The minimum atomic E-state index is 0.630. The zero-order chi connectivity index (χ0) is 31.1. The van der Waals surface area contributed by atoms with Crippen LogP contribution in [0.4, 0.5) is 5.69 Å². The molecule has 0 N–H and O–H groups in total. The van der Waals surface area contributed by atoms with Crippen molar-refractivity contribution in [2.45, 2.75) is 0 Å². The maximum atomic E-state index is 7.85. The molecule has 0 aliphatic rings. The van der Waals surface area contributed by atoms with Gasteiger partial charge in [-0.15, -0.1) is 0 Å². The lowest BCUT2D eigenvalue weighted by atomic mass is 10.0. The highest BCUT2D eigenvalue weighted by molar-refractivity contribution is 6.12. The molecule has 4 heteroatoms. The first-order valence-corrected chi connectivity index (χ1v) is 15.7. The number of nitrogens with zero attached hydrogens (tertiary/aromatic N) is 3. The highest BCUT2D eigenvalue weighted by Crippen LogP contribution is 2.40. The molecule has 0 spiro atoms. The van der Waals surface area contributed by atoms with Crippen molar-refractivity contribution in [1.82, 2.24) is 9.13 Å². The number of rotatable bonds is 3. The van der Waals surface area contributed by atoms with E-state index in [1.807, 2.05) is 24.3 Å². The zero-order valence-electron chi connectivity index (χ0n) is 25.2. The van der Waals surface area contributed by atoms with Crippen LogP contribution in [0.5, 0.6) is 0 Å². The van der Waals surface area contributed by atoms with Crippen molar-refractivity contribution in [3.05, 3.63) is 163 Å². The Bertz CT molecular complexity index is 2880. The largest absolute Gasteiger partial charge is 0.456 e. The summed E-state index contributed by atoms with van der Waals surface area (Å²) in [6.07, 6.45) is 0. The number of fused-ring (bicyclic) bond motifs is 9. The van der Waals surface area contributed by atoms with E-state index in [2.05, 4.69) is 141 Å². The molecule has 0 aliphatic carbocycles. The van der Waals surface area contributed by atoms with Crippen LogP contribution in [-0.4, -0.2) is 9.13 Å². The quantitative estimate of drug-likeness (QED) is 0.186. The average molecular weight is 600 g/mol. The van der Waals surface area contributed by atoms with E-state index < -0.39 is 0 Å². The van der Waals surface area contributed by atoms with Crippen molar-refractivity contribution < 1.29 is 4.42 Å². The number of aromatic nitrogens is 2. The van der Waals surface area contributed by atoms with Gasteiger partial charge < -0.3 is 13.6 Å². The maximum absolute atomic E-state index is 7.85. The number of furan rings is 1. The highest BCUT2D eigenvalue weighted by Gasteiger charge is 2.17. The topological polar surface area (TPSA) is 27.4 Å². The minimum Gasteiger partial charge on any atom is -0.456 e. The van der Waals surface area contributed by atoms with Crippen molar-refractivity contribution in [1.29, 1.82) is 0 Å². The van der Waals surface area contributed by atoms with Crippen LogP contribution in [0.25, 0.3) is 92.9 Å². The first kappa shape index (κ1) is 25.7. The third kappa shape index (κ3) is 3.69. The molecule has 0 atom stereocenters. The molecule has 0 amide bonds. The molecule has 47 heavy (non-hydrogen) atoms. The molecule has 7 aromatic carbocycles. The molecular formula is C43H25N3O. The number of hydrogen-bond acceptors (Lipinski definition) is 1. The lowest BCUT2D eigenvalue weighted by molar-refractivity contribution is 0.669. The lowest BCUT2D eigenvalue weighted by Crippen LogP contribution is -1.94. The van der Waals surface area contributed by atoms with Crippen molar-refractivity contribution in [3.63, 3.8) is 0 Å². The Kier molecular flexibility index (Phi) is 5.32. The Morgan fingerprint density at radius 3 is 1.66 bits per heavy atom. The van der Waals surface area contributed by atoms with Crippen LogP contribution < -0.4 is 0 Å². The van der Waals surface area contributed by atoms with E-state index >= 15 is 0 Å². The number of hydrogen-bond donors (Lipinski definition) is 0. The van der Waals surface area contributed by atoms with E-state index in [0.717, 1.165) is 60.9 Å². The van der Waals surface area contributed by atoms with Gasteiger partial charge in [-0.3, -0.25) is 0 Å². The van der Waals surface area contributed by atoms with Crippen LogP contribution >= 0.6 is 0 Å². The predicted octanol–water partition coefficient (Wildman–Crippen LogP) is 12.0. The standard InChI is InChI=1S/C43H25N3O/c1-44-36-13-5-9-17-40(36)46-39-16-8-4-12-32(39)33-21-18-28(25-41(33)46)27-19-22-42-34(24-27)35-26-29(20-23-43(35)47-42)45-37-14-6-2-10-30(37)31-11-3-7-15-38(31)45/h2-26H. The van der Waals surface area contributed by atoms with Crippen molar-refractivity contribution in [2.75, 3.05) is 0 Å². The molecular weight excluding hydrogens is 574 g/mol. The Balaban J connectivity index is 1.18. The number of para-hydroxylation sites is 5. The van der Waals surface area contributed by atoms with Crippen LogP contribution in [0.2, 0.25) is 0 Å². The van der Waals surface area contributed by atoms with E-state index in [4.69, 9.17) is 11.0 Å². The lowest BCUT2D eigenvalue weighted by Gasteiger charge is -2.11. The summed E-state index contributed by atoms with van der Waals surface area (Å²) < 4.78 is 10.9. The molecule has 0 unspecified atom stereocenters. The molecule has 3 aromatic heterocycles. The predicted molar refractivity (Wildman–Crippen MR) is 194 cm³/mol. The molecule has 10 aromatic rings. The van der Waals surface area contributed by atoms with E-state index in [1.165, 1.54) is 27.2 Å². The summed E-state index contributed by atoms with van der Waals surface area (Å²) in [7, 11) is 0. The summed E-state index contributed by atoms with van der Waals surface area (Å²) in [6.45, 7) is 7.85. The summed E-state index contributed by atoms with van der Waals surface area (Å²) in [6, 6.07) is 53.1. The molecule has 0 bridgehead atoms. The van der Waals surface area contributed by atoms with Crippen LogP contribution in [0.3, 0.4) is 0 Å². The fourth-order valence-corrected chi connectivity index (χ4v) is 7.44. The monoisotopic (exact) mass is 599 g/mol. The first-order valence-electron chi connectivity index (χ1n) is 15.7. The smallest absolute Gasteiger partial charge is 0.210 e. The van der Waals surface area contributed by atoms with Crippen LogP contribution in [0.15, 0.2) is 156 Å². The Hall–Kier alpha value is -6.57. The third-order valence-corrected chi connectivity index (χ3v) is 9.54. The number of benzene rings is 7.